The molecule has 4 aromatic rings. The van der Waals surface area contributed by atoms with E-state index >= 15 is 0 Å². The third-order valence-electron chi connectivity index (χ3n) is 5.33. The lowest BCUT2D eigenvalue weighted by Gasteiger charge is -2.26. The fraction of sp³-hybridized carbons (Fsp3) is 0.167. The van der Waals surface area contributed by atoms with Crippen LogP contribution in [0.3, 0.4) is 0 Å². The van der Waals surface area contributed by atoms with E-state index < -0.39 is 0 Å². The van der Waals surface area contributed by atoms with Gasteiger partial charge in [-0.05, 0) is 41.5 Å². The summed E-state index contributed by atoms with van der Waals surface area (Å²) in [6.07, 6.45) is 3.41. The van der Waals surface area contributed by atoms with Crippen molar-refractivity contribution in [2.75, 3.05) is 11.9 Å². The minimum absolute atomic E-state index is 0.140. The zero-order chi connectivity index (χ0) is 21.8. The Morgan fingerprint density at radius 2 is 1.97 bits per heavy atom. The Morgan fingerprint density at radius 1 is 1.09 bits per heavy atom. The average molecular weight is 426 g/mol. The average Bonchev–Trinajstić information content (AvgIpc) is 3.33. The van der Waals surface area contributed by atoms with Gasteiger partial charge in [0.05, 0.1) is 25.8 Å². The highest BCUT2D eigenvalue weighted by Gasteiger charge is 2.22. The Labute approximate surface area is 185 Å². The van der Waals surface area contributed by atoms with E-state index in [1.54, 1.807) is 18.5 Å². The van der Waals surface area contributed by atoms with E-state index in [9.17, 15) is 4.79 Å². The van der Waals surface area contributed by atoms with Crippen LogP contribution in [0.25, 0.3) is 11.4 Å². The summed E-state index contributed by atoms with van der Waals surface area (Å²) in [6.45, 7) is 1.49. The minimum Gasteiger partial charge on any atom is -0.378 e. The summed E-state index contributed by atoms with van der Waals surface area (Å²) < 4.78 is 5.64. The summed E-state index contributed by atoms with van der Waals surface area (Å²) in [5, 5.41) is 13.6. The first kappa shape index (κ1) is 19.9. The second-order valence-electron chi connectivity index (χ2n) is 7.52. The molecule has 3 heterocycles. The molecule has 0 bridgehead atoms. The number of amides is 1. The minimum atomic E-state index is -0.162. The number of fused-ring (bicyclic) bond motifs is 1. The molecular weight excluding hydrogens is 404 g/mol. The van der Waals surface area contributed by atoms with Gasteiger partial charge in [-0.1, -0.05) is 30.3 Å². The van der Waals surface area contributed by atoms with Crippen molar-refractivity contribution in [2.45, 2.75) is 19.2 Å². The van der Waals surface area contributed by atoms with Gasteiger partial charge in [0.25, 0.3) is 5.91 Å². The van der Waals surface area contributed by atoms with E-state index in [1.807, 2.05) is 54.6 Å². The van der Waals surface area contributed by atoms with Gasteiger partial charge in [0, 0.05) is 29.2 Å². The number of hydrogen-bond acceptors (Lipinski definition) is 6. The number of nitrogens with one attached hydrogen (secondary N) is 3. The number of aromatic amines is 1. The molecule has 0 fully saturated rings. The second kappa shape index (κ2) is 8.99. The number of H-pyrrole nitrogens is 1. The fourth-order valence-corrected chi connectivity index (χ4v) is 3.70. The molecule has 0 aliphatic carbocycles. The van der Waals surface area contributed by atoms with Crippen molar-refractivity contribution < 1.29 is 9.53 Å². The summed E-state index contributed by atoms with van der Waals surface area (Å²) in [7, 11) is 0. The predicted octanol–water partition coefficient (Wildman–Crippen LogP) is 3.48. The number of rotatable bonds is 6. The number of carbonyl (C=O) groups is 1. The Balaban J connectivity index is 1.23. The number of ether oxygens (including phenoxy) is 1. The van der Waals surface area contributed by atoms with Crippen molar-refractivity contribution in [3.05, 3.63) is 95.6 Å². The van der Waals surface area contributed by atoms with Crippen LogP contribution in [0.2, 0.25) is 0 Å². The first-order valence-corrected chi connectivity index (χ1v) is 10.4. The second-order valence-corrected chi connectivity index (χ2v) is 7.52. The molecule has 160 valence electrons. The van der Waals surface area contributed by atoms with E-state index in [1.165, 1.54) is 0 Å². The fourth-order valence-electron chi connectivity index (χ4n) is 3.70. The van der Waals surface area contributed by atoms with E-state index in [2.05, 4.69) is 30.8 Å². The summed E-state index contributed by atoms with van der Waals surface area (Å²) in [5.74, 6) is 1.17. The number of carbonyl (C=O) groups excluding carboxylic acids is 1. The van der Waals surface area contributed by atoms with Gasteiger partial charge in [-0.15, -0.1) is 0 Å². The van der Waals surface area contributed by atoms with Gasteiger partial charge in [-0.2, -0.15) is 5.10 Å². The maximum absolute atomic E-state index is 12.9. The molecule has 1 amide bonds. The van der Waals surface area contributed by atoms with Crippen LogP contribution in [0.4, 0.5) is 5.69 Å². The van der Waals surface area contributed by atoms with Crippen molar-refractivity contribution >= 4 is 11.6 Å². The van der Waals surface area contributed by atoms with Crippen LogP contribution in [0.15, 0.2) is 73.1 Å². The van der Waals surface area contributed by atoms with Crippen LogP contribution in [0.5, 0.6) is 0 Å². The van der Waals surface area contributed by atoms with Crippen LogP contribution in [0.1, 0.15) is 33.4 Å². The molecule has 5 rings (SSSR count). The number of anilines is 1. The van der Waals surface area contributed by atoms with Crippen LogP contribution in [0, 0.1) is 0 Å². The number of benzene rings is 2. The quantitative estimate of drug-likeness (QED) is 0.436. The Kier molecular flexibility index (Phi) is 5.59. The number of hydrogen-bond donors (Lipinski definition) is 3. The predicted molar refractivity (Wildman–Crippen MR) is 120 cm³/mol. The summed E-state index contributed by atoms with van der Waals surface area (Å²) in [5.41, 5.74) is 4.51. The van der Waals surface area contributed by atoms with Crippen LogP contribution in [-0.4, -0.2) is 32.7 Å². The molecule has 0 radical (unpaired) electrons. The van der Waals surface area contributed by atoms with E-state index in [0.29, 0.717) is 37.0 Å². The molecule has 0 saturated carbocycles. The van der Waals surface area contributed by atoms with Gasteiger partial charge in [0.2, 0.25) is 0 Å². The first-order chi connectivity index (χ1) is 15.8. The zero-order valence-corrected chi connectivity index (χ0v) is 17.3. The van der Waals surface area contributed by atoms with Gasteiger partial charge < -0.3 is 15.4 Å². The van der Waals surface area contributed by atoms with Crippen LogP contribution < -0.4 is 10.6 Å². The molecular formula is C24H22N6O2. The summed E-state index contributed by atoms with van der Waals surface area (Å²) in [6, 6.07) is 19.0. The monoisotopic (exact) mass is 426 g/mol. The molecule has 2 aromatic carbocycles. The molecule has 3 N–H and O–H groups in total. The van der Waals surface area contributed by atoms with E-state index in [-0.39, 0.29) is 11.9 Å². The molecule has 1 atom stereocenters. The molecule has 32 heavy (non-hydrogen) atoms. The number of nitrogens with zero attached hydrogens (tertiary/aromatic N) is 3. The van der Waals surface area contributed by atoms with Gasteiger partial charge in [-0.3, -0.25) is 14.9 Å². The lowest BCUT2D eigenvalue weighted by atomic mass is 9.99. The lowest BCUT2D eigenvalue weighted by molar-refractivity contribution is 0.0708. The third kappa shape index (κ3) is 4.35. The molecule has 0 saturated heterocycles. The Bertz CT molecular complexity index is 1220. The standard InChI is InChI=1S/C24H22N6O2/c31-24(27-21-15-32-14-18-4-1-2-7-20(18)21)17-5-3-6-19(12-17)26-13-22-28-23(30-29-22)16-8-10-25-11-9-16/h1-12,21,26H,13-15H2,(H,27,31)(H,28,29,30)/t21-/m0/s1. The van der Waals surface area contributed by atoms with Gasteiger partial charge in [0.1, 0.15) is 5.82 Å². The summed E-state index contributed by atoms with van der Waals surface area (Å²) in [4.78, 5) is 21.4. The maximum Gasteiger partial charge on any atom is 0.251 e. The topological polar surface area (TPSA) is 105 Å². The number of aromatic nitrogens is 4. The van der Waals surface area contributed by atoms with Crippen LogP contribution >= 0.6 is 0 Å². The summed E-state index contributed by atoms with van der Waals surface area (Å²) >= 11 is 0. The largest absolute Gasteiger partial charge is 0.378 e. The molecule has 2 aromatic heterocycles. The highest BCUT2D eigenvalue weighted by Crippen LogP contribution is 2.25. The molecule has 1 aliphatic rings. The lowest BCUT2D eigenvalue weighted by Crippen LogP contribution is -2.34. The molecule has 0 unspecified atom stereocenters. The smallest absolute Gasteiger partial charge is 0.251 e. The maximum atomic E-state index is 12.9. The Hall–Kier alpha value is -4.04. The van der Waals surface area contributed by atoms with Crippen molar-refractivity contribution in [2.24, 2.45) is 0 Å². The van der Waals surface area contributed by atoms with Crippen molar-refractivity contribution in [3.63, 3.8) is 0 Å². The van der Waals surface area contributed by atoms with Crippen LogP contribution in [-0.2, 0) is 17.9 Å². The van der Waals surface area contributed by atoms with Gasteiger partial charge >= 0.3 is 0 Å². The molecule has 8 nitrogen and oxygen atoms in total. The Morgan fingerprint density at radius 3 is 2.88 bits per heavy atom. The highest BCUT2D eigenvalue weighted by atomic mass is 16.5. The van der Waals surface area contributed by atoms with E-state index in [0.717, 1.165) is 22.4 Å². The van der Waals surface area contributed by atoms with Crippen molar-refractivity contribution in [3.8, 4) is 11.4 Å². The highest BCUT2D eigenvalue weighted by molar-refractivity contribution is 5.95. The third-order valence-corrected chi connectivity index (χ3v) is 5.33. The zero-order valence-electron chi connectivity index (χ0n) is 17.3. The molecule has 8 heteroatoms. The first-order valence-electron chi connectivity index (χ1n) is 10.4. The molecule has 0 spiro atoms. The SMILES string of the molecule is O=C(N[C@H]1COCc2ccccc21)c1cccc(NCc2nc(-c3ccncc3)n[nH]2)c1. The van der Waals surface area contributed by atoms with Crippen molar-refractivity contribution in [1.82, 2.24) is 25.5 Å². The molecule has 1 aliphatic heterocycles. The van der Waals surface area contributed by atoms with Gasteiger partial charge in [-0.25, -0.2) is 4.98 Å². The number of pyridine rings is 1. The normalized spacial score (nSPS) is 15.1. The van der Waals surface area contributed by atoms with Gasteiger partial charge in [0.15, 0.2) is 5.82 Å². The van der Waals surface area contributed by atoms with Crippen molar-refractivity contribution in [1.29, 1.82) is 0 Å². The van der Waals surface area contributed by atoms with E-state index in [4.69, 9.17) is 4.74 Å².